The van der Waals surface area contributed by atoms with Crippen molar-refractivity contribution < 1.29 is 33.4 Å². The van der Waals surface area contributed by atoms with Crippen LogP contribution in [0.5, 0.6) is 0 Å². The van der Waals surface area contributed by atoms with Gasteiger partial charge in [0.25, 0.3) is 5.91 Å². The lowest BCUT2D eigenvalue weighted by molar-refractivity contribution is -0.168. The fourth-order valence-electron chi connectivity index (χ4n) is 5.81. The number of ether oxygens (including phenoxy) is 3. The van der Waals surface area contributed by atoms with Crippen molar-refractivity contribution in [3.8, 4) is 0 Å². The molecule has 0 radical (unpaired) electrons. The molecule has 5 rings (SSSR count). The number of hydrogen-bond donors (Lipinski definition) is 1. The van der Waals surface area contributed by atoms with Gasteiger partial charge in [-0.15, -0.1) is 0 Å². The summed E-state index contributed by atoms with van der Waals surface area (Å²) in [6.45, 7) is 6.94. The maximum Gasteiger partial charge on any atom is 0.320 e. The minimum atomic E-state index is -1.57. The van der Waals surface area contributed by atoms with Crippen LogP contribution in [0.3, 0.4) is 0 Å². The third-order valence-corrected chi connectivity index (χ3v) is 6.92. The fourth-order valence-corrected chi connectivity index (χ4v) is 5.81. The summed E-state index contributed by atoms with van der Waals surface area (Å²) in [6, 6.07) is 8.90. The SMILES string of the molecule is CC(=O)O[C@H]1C(=O)NC(c2ccccc2)=N[C@H]2OC(=O)[C@]34CC(=O)O[C@H]3C=C(C(C)(C)C)[C@@]214. The smallest absolute Gasteiger partial charge is 0.320 e. The first-order valence-corrected chi connectivity index (χ1v) is 10.8. The normalized spacial score (nSPS) is 34.7. The number of amidine groups is 1. The molecule has 1 aromatic carbocycles. The van der Waals surface area contributed by atoms with E-state index in [1.165, 1.54) is 6.92 Å². The Morgan fingerprint density at radius 2 is 1.85 bits per heavy atom. The predicted molar refractivity (Wildman–Crippen MR) is 113 cm³/mol. The second-order valence-corrected chi connectivity index (χ2v) is 9.84. The van der Waals surface area contributed by atoms with Gasteiger partial charge in [-0.05, 0) is 17.1 Å². The quantitative estimate of drug-likeness (QED) is 0.412. The molecule has 172 valence electrons. The molecule has 0 unspecified atom stereocenters. The van der Waals surface area contributed by atoms with Gasteiger partial charge >= 0.3 is 17.9 Å². The molecular weight excluding hydrogens is 428 g/mol. The number of hydrogen-bond acceptors (Lipinski definition) is 8. The van der Waals surface area contributed by atoms with Gasteiger partial charge in [0.15, 0.2) is 6.10 Å². The first kappa shape index (κ1) is 21.4. The third-order valence-electron chi connectivity index (χ3n) is 6.92. The van der Waals surface area contributed by atoms with E-state index < -0.39 is 58.5 Å². The van der Waals surface area contributed by atoms with Crippen molar-refractivity contribution in [2.45, 2.75) is 52.6 Å². The first-order valence-electron chi connectivity index (χ1n) is 10.8. The Morgan fingerprint density at radius 1 is 1.15 bits per heavy atom. The van der Waals surface area contributed by atoms with Crippen LogP contribution in [0.2, 0.25) is 0 Å². The number of benzene rings is 1. The van der Waals surface area contributed by atoms with Crippen molar-refractivity contribution in [3.63, 3.8) is 0 Å². The van der Waals surface area contributed by atoms with Crippen molar-refractivity contribution >= 4 is 29.7 Å². The number of carbonyl (C=O) groups excluding carboxylic acids is 4. The highest BCUT2D eigenvalue weighted by molar-refractivity contribution is 6.11. The van der Waals surface area contributed by atoms with Crippen molar-refractivity contribution in [2.24, 2.45) is 21.2 Å². The molecule has 0 aromatic heterocycles. The predicted octanol–water partition coefficient (Wildman–Crippen LogP) is 1.65. The van der Waals surface area contributed by atoms with Gasteiger partial charge in [-0.3, -0.25) is 19.2 Å². The van der Waals surface area contributed by atoms with E-state index in [-0.39, 0.29) is 12.3 Å². The number of rotatable bonds is 2. The zero-order chi connectivity index (χ0) is 23.8. The van der Waals surface area contributed by atoms with E-state index in [2.05, 4.69) is 10.3 Å². The van der Waals surface area contributed by atoms with Crippen molar-refractivity contribution in [1.29, 1.82) is 0 Å². The Hall–Kier alpha value is -3.49. The summed E-state index contributed by atoms with van der Waals surface area (Å²) in [5.41, 5.74) is -2.49. The molecule has 3 aliphatic heterocycles. The summed E-state index contributed by atoms with van der Waals surface area (Å²) in [5, 5.41) is 2.75. The Balaban J connectivity index is 1.82. The number of esters is 3. The largest absolute Gasteiger partial charge is 0.457 e. The molecule has 3 heterocycles. The van der Waals surface area contributed by atoms with E-state index >= 15 is 0 Å². The number of nitrogens with zero attached hydrogens (tertiary/aromatic N) is 1. The van der Waals surface area contributed by atoms with Gasteiger partial charge in [-0.1, -0.05) is 51.1 Å². The van der Waals surface area contributed by atoms with Crippen LogP contribution in [0.1, 0.15) is 39.7 Å². The van der Waals surface area contributed by atoms with Crippen molar-refractivity contribution in [2.75, 3.05) is 0 Å². The second kappa shape index (κ2) is 6.76. The molecule has 1 aromatic rings. The van der Waals surface area contributed by atoms with Crippen LogP contribution in [0.4, 0.5) is 0 Å². The molecule has 33 heavy (non-hydrogen) atoms. The van der Waals surface area contributed by atoms with Crippen LogP contribution < -0.4 is 5.32 Å². The molecular formula is C24H24N2O7. The van der Waals surface area contributed by atoms with Crippen LogP contribution in [0.15, 0.2) is 47.0 Å². The molecule has 2 saturated heterocycles. The molecule has 2 spiro atoms. The molecule has 9 heteroatoms. The van der Waals surface area contributed by atoms with Gasteiger partial charge in [0.1, 0.15) is 22.8 Å². The average Bonchev–Trinajstić information content (AvgIpc) is 3.26. The highest BCUT2D eigenvalue weighted by atomic mass is 16.6. The summed E-state index contributed by atoms with van der Waals surface area (Å²) in [5.74, 6) is -2.45. The Bertz CT molecular complexity index is 1150. The summed E-state index contributed by atoms with van der Waals surface area (Å²) in [4.78, 5) is 56.5. The molecule has 9 nitrogen and oxygen atoms in total. The van der Waals surface area contributed by atoms with Crippen molar-refractivity contribution in [3.05, 3.63) is 47.5 Å². The second-order valence-electron chi connectivity index (χ2n) is 9.84. The number of nitrogens with one attached hydrogen (secondary N) is 1. The topological polar surface area (TPSA) is 120 Å². The molecule has 0 saturated carbocycles. The summed E-state index contributed by atoms with van der Waals surface area (Å²) < 4.78 is 17.0. The van der Waals surface area contributed by atoms with Crippen LogP contribution in [0, 0.1) is 16.2 Å². The van der Waals surface area contributed by atoms with Gasteiger partial charge in [-0.2, -0.15) is 0 Å². The van der Waals surface area contributed by atoms with Gasteiger partial charge in [0.05, 0.1) is 6.42 Å². The lowest BCUT2D eigenvalue weighted by Crippen LogP contribution is -2.60. The maximum absolute atomic E-state index is 13.7. The van der Waals surface area contributed by atoms with Crippen LogP contribution in [-0.4, -0.2) is 48.1 Å². The third kappa shape index (κ3) is 2.68. The highest BCUT2D eigenvalue weighted by Gasteiger charge is 2.84. The molecule has 5 atom stereocenters. The molecule has 1 amide bonds. The van der Waals surface area contributed by atoms with Crippen molar-refractivity contribution in [1.82, 2.24) is 5.32 Å². The lowest BCUT2D eigenvalue weighted by atomic mass is 9.55. The van der Waals surface area contributed by atoms with Gasteiger partial charge in [-0.25, -0.2) is 4.99 Å². The monoisotopic (exact) mass is 452 g/mol. The Kier molecular flexibility index (Phi) is 4.37. The summed E-state index contributed by atoms with van der Waals surface area (Å²) >= 11 is 0. The molecule has 2 fully saturated rings. The maximum atomic E-state index is 13.7. The van der Waals surface area contributed by atoms with E-state index in [0.717, 1.165) is 0 Å². The summed E-state index contributed by atoms with van der Waals surface area (Å²) in [7, 11) is 0. The van der Waals surface area contributed by atoms with Crippen LogP contribution in [0.25, 0.3) is 0 Å². The number of carbonyl (C=O) groups is 4. The molecule has 4 aliphatic rings. The minimum Gasteiger partial charge on any atom is -0.457 e. The Labute approximate surface area is 190 Å². The first-order chi connectivity index (χ1) is 15.5. The van der Waals surface area contributed by atoms with Gasteiger partial charge in [0, 0.05) is 12.5 Å². The van der Waals surface area contributed by atoms with Crippen LogP contribution >= 0.6 is 0 Å². The summed E-state index contributed by atoms with van der Waals surface area (Å²) in [6.07, 6.45) is -2.22. The lowest BCUT2D eigenvalue weighted by Gasteiger charge is -2.45. The molecule has 1 N–H and O–H groups in total. The number of aliphatic imine (C=N–C) groups is 1. The standard InChI is InChI=1S/C24H24N2O7/c1-12(27)31-17-19(29)25-18(13-8-6-5-7-9-13)26-20-24(17)14(22(2,3)4)10-15-23(24,21(30)33-20)11-16(28)32-15/h5-10,15,17,20H,11H2,1-4H3,(H,25,26,29)/t15-,17-,20-,23-,24-/m0/s1. The van der Waals surface area contributed by atoms with E-state index in [1.54, 1.807) is 30.3 Å². The van der Waals surface area contributed by atoms with Gasteiger partial charge in [0.2, 0.25) is 6.23 Å². The van der Waals surface area contributed by atoms with E-state index in [1.807, 2.05) is 26.8 Å². The van der Waals surface area contributed by atoms with Gasteiger partial charge < -0.3 is 19.5 Å². The van der Waals surface area contributed by atoms with E-state index in [0.29, 0.717) is 11.1 Å². The molecule has 0 bridgehead atoms. The number of amides is 1. The zero-order valence-electron chi connectivity index (χ0n) is 18.7. The fraction of sp³-hybridized carbons (Fsp3) is 0.458. The van der Waals surface area contributed by atoms with E-state index in [4.69, 9.17) is 14.2 Å². The zero-order valence-corrected chi connectivity index (χ0v) is 18.7. The minimum absolute atomic E-state index is 0.187. The Morgan fingerprint density at radius 3 is 2.48 bits per heavy atom. The highest BCUT2D eigenvalue weighted by Crippen LogP contribution is 2.70. The van der Waals surface area contributed by atoms with E-state index in [9.17, 15) is 19.2 Å². The average molecular weight is 452 g/mol. The molecule has 1 aliphatic carbocycles. The van der Waals surface area contributed by atoms with Crippen LogP contribution in [-0.2, 0) is 33.4 Å².